The number of fused-ring (bicyclic) bond motifs is 1. The molecule has 2 aliphatic heterocycles. The fourth-order valence-corrected chi connectivity index (χ4v) is 2.78. The number of β-amino-alcohol motifs (C(OH)–C–C–N with tert-alkyl or cyclic N) is 1. The smallest absolute Gasteiger partial charge is 0.224 e. The van der Waals surface area contributed by atoms with Gasteiger partial charge in [0.25, 0.3) is 0 Å². The van der Waals surface area contributed by atoms with E-state index < -0.39 is 6.10 Å². The van der Waals surface area contributed by atoms with Crippen LogP contribution in [-0.2, 0) is 9.53 Å². The van der Waals surface area contributed by atoms with Gasteiger partial charge >= 0.3 is 0 Å². The van der Waals surface area contributed by atoms with E-state index in [2.05, 4.69) is 10.2 Å². The van der Waals surface area contributed by atoms with E-state index in [0.29, 0.717) is 13.2 Å². The van der Waals surface area contributed by atoms with Crippen LogP contribution in [0.15, 0.2) is 0 Å². The van der Waals surface area contributed by atoms with E-state index >= 15 is 0 Å². The highest BCUT2D eigenvalue weighted by Gasteiger charge is 2.40. The highest BCUT2D eigenvalue weighted by atomic mass is 16.5. The lowest BCUT2D eigenvalue weighted by Crippen LogP contribution is -2.49. The number of nitrogens with one attached hydrogen (secondary N) is 1. The van der Waals surface area contributed by atoms with Gasteiger partial charge < -0.3 is 15.2 Å². The molecule has 0 aliphatic carbocycles. The molecule has 3 atom stereocenters. The lowest BCUT2D eigenvalue weighted by Gasteiger charge is -2.36. The summed E-state index contributed by atoms with van der Waals surface area (Å²) in [5.41, 5.74) is 0. The number of likely N-dealkylation sites (tertiary alicyclic amines) is 1. The van der Waals surface area contributed by atoms with Gasteiger partial charge in [0.1, 0.15) is 0 Å². The molecule has 2 rings (SSSR count). The van der Waals surface area contributed by atoms with Crippen LogP contribution in [0.25, 0.3) is 0 Å². The first kappa shape index (κ1) is 11.8. The topological polar surface area (TPSA) is 61.8 Å². The molecule has 2 fully saturated rings. The zero-order valence-electron chi connectivity index (χ0n) is 9.69. The molecule has 0 spiro atoms. The number of aliphatic hydroxyl groups is 1. The fraction of sp³-hybridized carbons (Fsp3) is 0.909. The number of piperidine rings is 1. The van der Waals surface area contributed by atoms with Gasteiger partial charge in [-0.15, -0.1) is 0 Å². The quantitative estimate of drug-likeness (QED) is 0.661. The molecule has 0 aromatic rings. The average Bonchev–Trinajstić information content (AvgIpc) is 2.62. The summed E-state index contributed by atoms with van der Waals surface area (Å²) in [5, 5.41) is 12.6. The number of rotatable bonds is 4. The Bertz CT molecular complexity index is 260. The Morgan fingerprint density at radius 2 is 2.50 bits per heavy atom. The summed E-state index contributed by atoms with van der Waals surface area (Å²) in [6.07, 6.45) is 1.56. The van der Waals surface area contributed by atoms with Crippen molar-refractivity contribution in [3.8, 4) is 0 Å². The van der Waals surface area contributed by atoms with Crippen LogP contribution in [0.2, 0.25) is 0 Å². The van der Waals surface area contributed by atoms with E-state index in [-0.39, 0.29) is 17.9 Å². The number of hydrogen-bond acceptors (Lipinski definition) is 4. The highest BCUT2D eigenvalue weighted by molar-refractivity contribution is 5.82. The van der Waals surface area contributed by atoms with E-state index in [1.54, 1.807) is 7.11 Å². The van der Waals surface area contributed by atoms with Crippen LogP contribution in [0.5, 0.6) is 0 Å². The standard InChI is InChI=1S/C11H20N2O3/c1-16-7-8(14)6-13-4-2-3-9-10(13)5-12-11(9)15/h8-10,14H,2-7H2,1H3,(H,12,15). The van der Waals surface area contributed by atoms with Gasteiger partial charge in [-0.2, -0.15) is 0 Å². The van der Waals surface area contributed by atoms with Crippen molar-refractivity contribution in [2.24, 2.45) is 5.92 Å². The summed E-state index contributed by atoms with van der Waals surface area (Å²) in [4.78, 5) is 13.8. The molecule has 5 nitrogen and oxygen atoms in total. The third kappa shape index (κ3) is 2.36. The Hall–Kier alpha value is -0.650. The van der Waals surface area contributed by atoms with Crippen LogP contribution in [0, 0.1) is 5.92 Å². The number of amides is 1. The van der Waals surface area contributed by atoms with Crippen LogP contribution in [-0.4, -0.2) is 61.4 Å². The number of nitrogens with zero attached hydrogens (tertiary/aromatic N) is 1. The molecule has 0 aromatic heterocycles. The lowest BCUT2D eigenvalue weighted by molar-refractivity contribution is -0.124. The predicted molar refractivity (Wildman–Crippen MR) is 59.0 cm³/mol. The van der Waals surface area contributed by atoms with Crippen molar-refractivity contribution in [1.29, 1.82) is 0 Å². The minimum absolute atomic E-state index is 0.128. The van der Waals surface area contributed by atoms with Gasteiger partial charge in [-0.1, -0.05) is 0 Å². The number of hydrogen-bond donors (Lipinski definition) is 2. The third-order valence-corrected chi connectivity index (χ3v) is 3.52. The zero-order chi connectivity index (χ0) is 11.5. The minimum Gasteiger partial charge on any atom is -0.389 e. The van der Waals surface area contributed by atoms with Crippen molar-refractivity contribution in [2.75, 3.05) is 33.4 Å². The van der Waals surface area contributed by atoms with E-state index in [1.807, 2.05) is 0 Å². The SMILES string of the molecule is COCC(O)CN1CCCC2C(=O)NCC21. The first-order valence-electron chi connectivity index (χ1n) is 5.91. The van der Waals surface area contributed by atoms with E-state index in [9.17, 15) is 9.90 Å². The molecule has 5 heteroatoms. The molecule has 1 amide bonds. The van der Waals surface area contributed by atoms with Gasteiger partial charge in [0.2, 0.25) is 5.91 Å². The van der Waals surface area contributed by atoms with Crippen LogP contribution in [0.3, 0.4) is 0 Å². The van der Waals surface area contributed by atoms with Crippen molar-refractivity contribution in [3.05, 3.63) is 0 Å². The number of methoxy groups -OCH3 is 1. The Kier molecular flexibility index (Phi) is 3.78. The molecule has 0 bridgehead atoms. The summed E-state index contributed by atoms with van der Waals surface area (Å²) < 4.78 is 4.92. The molecule has 2 N–H and O–H groups in total. The second-order valence-corrected chi connectivity index (χ2v) is 4.67. The van der Waals surface area contributed by atoms with Gasteiger partial charge in [0.15, 0.2) is 0 Å². The Labute approximate surface area is 95.8 Å². The average molecular weight is 228 g/mol. The van der Waals surface area contributed by atoms with Crippen molar-refractivity contribution >= 4 is 5.91 Å². The van der Waals surface area contributed by atoms with Crippen molar-refractivity contribution < 1.29 is 14.6 Å². The van der Waals surface area contributed by atoms with Crippen LogP contribution < -0.4 is 5.32 Å². The van der Waals surface area contributed by atoms with Crippen LogP contribution in [0.4, 0.5) is 0 Å². The normalized spacial score (nSPS) is 32.2. The predicted octanol–water partition coefficient (Wildman–Crippen LogP) is -0.796. The Morgan fingerprint density at radius 1 is 1.69 bits per heavy atom. The van der Waals surface area contributed by atoms with Gasteiger partial charge in [-0.05, 0) is 19.4 Å². The van der Waals surface area contributed by atoms with Gasteiger partial charge in [-0.25, -0.2) is 0 Å². The number of carbonyl (C=O) groups is 1. The van der Waals surface area contributed by atoms with Crippen molar-refractivity contribution in [2.45, 2.75) is 25.0 Å². The summed E-state index contributed by atoms with van der Waals surface area (Å²) in [5.74, 6) is 0.305. The molecular weight excluding hydrogens is 208 g/mol. The minimum atomic E-state index is -0.459. The molecule has 0 radical (unpaired) electrons. The summed E-state index contributed by atoms with van der Waals surface area (Å²) >= 11 is 0. The molecular formula is C11H20N2O3. The largest absolute Gasteiger partial charge is 0.389 e. The molecule has 2 aliphatic rings. The summed E-state index contributed by atoms with van der Waals surface area (Å²) in [7, 11) is 1.59. The maximum absolute atomic E-state index is 11.5. The van der Waals surface area contributed by atoms with Crippen LogP contribution >= 0.6 is 0 Å². The van der Waals surface area contributed by atoms with Crippen molar-refractivity contribution in [1.82, 2.24) is 10.2 Å². The first-order valence-corrected chi connectivity index (χ1v) is 5.91. The van der Waals surface area contributed by atoms with E-state index in [4.69, 9.17) is 4.74 Å². The van der Waals surface area contributed by atoms with Crippen molar-refractivity contribution in [3.63, 3.8) is 0 Å². The third-order valence-electron chi connectivity index (χ3n) is 3.52. The first-order chi connectivity index (χ1) is 7.72. The molecule has 2 saturated heterocycles. The lowest BCUT2D eigenvalue weighted by atomic mass is 9.91. The maximum Gasteiger partial charge on any atom is 0.224 e. The highest BCUT2D eigenvalue weighted by Crippen LogP contribution is 2.27. The Balaban J connectivity index is 1.91. The molecule has 92 valence electrons. The van der Waals surface area contributed by atoms with Crippen LogP contribution in [0.1, 0.15) is 12.8 Å². The number of ether oxygens (including phenoxy) is 1. The molecule has 16 heavy (non-hydrogen) atoms. The molecule has 2 heterocycles. The molecule has 0 saturated carbocycles. The zero-order valence-corrected chi connectivity index (χ0v) is 9.69. The molecule has 0 aromatic carbocycles. The van der Waals surface area contributed by atoms with Gasteiger partial charge in [0.05, 0.1) is 18.6 Å². The number of carbonyl (C=O) groups excluding carboxylic acids is 1. The monoisotopic (exact) mass is 228 g/mol. The summed E-state index contributed by atoms with van der Waals surface area (Å²) in [6, 6.07) is 0.271. The molecule has 3 unspecified atom stereocenters. The van der Waals surface area contributed by atoms with E-state index in [1.165, 1.54) is 0 Å². The van der Waals surface area contributed by atoms with Gasteiger partial charge in [0, 0.05) is 26.2 Å². The maximum atomic E-state index is 11.5. The van der Waals surface area contributed by atoms with Gasteiger partial charge in [-0.3, -0.25) is 9.69 Å². The number of aliphatic hydroxyl groups excluding tert-OH is 1. The second-order valence-electron chi connectivity index (χ2n) is 4.67. The fourth-order valence-electron chi connectivity index (χ4n) is 2.78. The van der Waals surface area contributed by atoms with E-state index in [0.717, 1.165) is 25.9 Å². The second kappa shape index (κ2) is 5.12. The Morgan fingerprint density at radius 3 is 3.25 bits per heavy atom. The summed E-state index contributed by atoms with van der Waals surface area (Å²) in [6.45, 7) is 2.65.